The highest BCUT2D eigenvalue weighted by Crippen LogP contribution is 2.34. The topological polar surface area (TPSA) is 79.8 Å². The van der Waals surface area contributed by atoms with Gasteiger partial charge in [0.1, 0.15) is 23.1 Å². The second kappa shape index (κ2) is 7.87. The number of carbonyl (C=O) groups is 1. The van der Waals surface area contributed by atoms with Gasteiger partial charge in [-0.15, -0.1) is 0 Å². The average molecular weight is 397 g/mol. The first kappa shape index (κ1) is 19.4. The maximum Gasteiger partial charge on any atom is 0.238 e. The van der Waals surface area contributed by atoms with Crippen LogP contribution < -0.4 is 19.7 Å². The van der Waals surface area contributed by atoms with Crippen LogP contribution in [0.2, 0.25) is 0 Å². The molecule has 3 saturated heterocycles. The number of piperidine rings is 1. The third-order valence-electron chi connectivity index (χ3n) is 5.58. The molecule has 8 nitrogen and oxygen atoms in total. The summed E-state index contributed by atoms with van der Waals surface area (Å²) in [6.45, 7) is 6.06. The molecule has 1 amide bonds. The fourth-order valence-corrected chi connectivity index (χ4v) is 4.24. The maximum absolute atomic E-state index is 12.6. The fourth-order valence-electron chi connectivity index (χ4n) is 4.24. The van der Waals surface area contributed by atoms with E-state index in [0.717, 1.165) is 36.8 Å². The zero-order valence-corrected chi connectivity index (χ0v) is 17.3. The minimum atomic E-state index is -0.0304. The SMILES string of the molecule is COc1cc(NC(=O)CN2C3CC2CN(c2cc(C)nc(C)n2)C3)cc(OC)c1. The van der Waals surface area contributed by atoms with Crippen LogP contribution in [0.3, 0.4) is 0 Å². The molecule has 2 unspecified atom stereocenters. The Hall–Kier alpha value is -2.87. The van der Waals surface area contributed by atoms with E-state index in [-0.39, 0.29) is 5.91 Å². The summed E-state index contributed by atoms with van der Waals surface area (Å²) in [5.74, 6) is 3.04. The monoisotopic (exact) mass is 397 g/mol. The molecule has 5 rings (SSSR count). The molecule has 0 aliphatic carbocycles. The minimum absolute atomic E-state index is 0.0304. The average Bonchev–Trinajstić information content (AvgIpc) is 2.71. The Kier molecular flexibility index (Phi) is 5.27. The third kappa shape index (κ3) is 4.12. The molecule has 0 saturated carbocycles. The van der Waals surface area contributed by atoms with Crippen molar-refractivity contribution in [2.75, 3.05) is 44.1 Å². The van der Waals surface area contributed by atoms with Gasteiger partial charge in [-0.1, -0.05) is 0 Å². The summed E-state index contributed by atoms with van der Waals surface area (Å²) in [4.78, 5) is 26.1. The van der Waals surface area contributed by atoms with Crippen LogP contribution in [0.4, 0.5) is 11.5 Å². The second-order valence-corrected chi connectivity index (χ2v) is 7.68. The Morgan fingerprint density at radius 3 is 2.31 bits per heavy atom. The van der Waals surface area contributed by atoms with E-state index < -0.39 is 0 Å². The largest absolute Gasteiger partial charge is 0.497 e. The van der Waals surface area contributed by atoms with Crippen LogP contribution in [-0.4, -0.2) is 66.7 Å². The van der Waals surface area contributed by atoms with Gasteiger partial charge in [-0.3, -0.25) is 9.69 Å². The number of carbonyl (C=O) groups excluding carboxylic acids is 1. The summed E-state index contributed by atoms with van der Waals surface area (Å²) in [7, 11) is 3.18. The van der Waals surface area contributed by atoms with Crippen molar-refractivity contribution in [1.29, 1.82) is 0 Å². The summed E-state index contributed by atoms with van der Waals surface area (Å²) in [6, 6.07) is 8.13. The number of aryl methyl sites for hydroxylation is 2. The normalized spacial score (nSPS) is 20.8. The van der Waals surface area contributed by atoms with E-state index in [2.05, 4.69) is 25.1 Å². The number of amides is 1. The number of aromatic nitrogens is 2. The van der Waals surface area contributed by atoms with Crippen molar-refractivity contribution in [1.82, 2.24) is 14.9 Å². The highest BCUT2D eigenvalue weighted by molar-refractivity contribution is 5.92. The van der Waals surface area contributed by atoms with Crippen molar-refractivity contribution in [3.8, 4) is 11.5 Å². The third-order valence-corrected chi connectivity index (χ3v) is 5.58. The van der Waals surface area contributed by atoms with Gasteiger partial charge in [-0.2, -0.15) is 0 Å². The Balaban J connectivity index is 1.37. The van der Waals surface area contributed by atoms with Crippen LogP contribution >= 0.6 is 0 Å². The second-order valence-electron chi connectivity index (χ2n) is 7.68. The molecule has 1 aromatic heterocycles. The number of nitrogens with zero attached hydrogens (tertiary/aromatic N) is 4. The molecule has 1 N–H and O–H groups in total. The highest BCUT2D eigenvalue weighted by atomic mass is 16.5. The number of hydrogen-bond donors (Lipinski definition) is 1. The summed E-state index contributed by atoms with van der Waals surface area (Å²) < 4.78 is 10.5. The minimum Gasteiger partial charge on any atom is -0.497 e. The number of methoxy groups -OCH3 is 2. The molecular weight excluding hydrogens is 370 g/mol. The molecular formula is C21H27N5O3. The molecule has 154 valence electrons. The Bertz CT molecular complexity index is 865. The van der Waals surface area contributed by atoms with Crippen molar-refractivity contribution < 1.29 is 14.3 Å². The van der Waals surface area contributed by atoms with Gasteiger partial charge in [0.25, 0.3) is 0 Å². The van der Waals surface area contributed by atoms with Crippen LogP contribution in [0.25, 0.3) is 0 Å². The van der Waals surface area contributed by atoms with Gasteiger partial charge in [0.2, 0.25) is 5.91 Å². The van der Waals surface area contributed by atoms with Crippen molar-refractivity contribution in [2.45, 2.75) is 32.4 Å². The van der Waals surface area contributed by atoms with E-state index in [9.17, 15) is 4.79 Å². The van der Waals surface area contributed by atoms with Crippen LogP contribution in [0.1, 0.15) is 17.9 Å². The molecule has 2 bridgehead atoms. The number of hydrogen-bond acceptors (Lipinski definition) is 7. The first-order chi connectivity index (χ1) is 13.9. The summed E-state index contributed by atoms with van der Waals surface area (Å²) >= 11 is 0. The first-order valence-corrected chi connectivity index (χ1v) is 9.81. The Labute approximate surface area is 170 Å². The number of ether oxygens (including phenoxy) is 2. The van der Waals surface area contributed by atoms with Crippen LogP contribution in [0.5, 0.6) is 11.5 Å². The lowest BCUT2D eigenvalue weighted by Gasteiger charge is -2.56. The van der Waals surface area contributed by atoms with Crippen molar-refractivity contribution in [2.24, 2.45) is 0 Å². The maximum atomic E-state index is 12.6. The van der Waals surface area contributed by atoms with Crippen molar-refractivity contribution in [3.05, 3.63) is 35.8 Å². The Morgan fingerprint density at radius 2 is 1.72 bits per heavy atom. The molecule has 1 aromatic carbocycles. The molecule has 3 aliphatic rings. The number of benzene rings is 1. The van der Waals surface area contributed by atoms with E-state index in [1.807, 2.05) is 19.9 Å². The van der Waals surface area contributed by atoms with E-state index in [0.29, 0.717) is 35.8 Å². The zero-order chi connectivity index (χ0) is 20.5. The van der Waals surface area contributed by atoms with Gasteiger partial charge < -0.3 is 19.7 Å². The molecule has 3 aliphatic heterocycles. The van der Waals surface area contributed by atoms with E-state index in [1.54, 1.807) is 32.4 Å². The quantitative estimate of drug-likeness (QED) is 0.799. The predicted molar refractivity (Wildman–Crippen MR) is 111 cm³/mol. The highest BCUT2D eigenvalue weighted by Gasteiger charge is 2.45. The van der Waals surface area contributed by atoms with E-state index >= 15 is 0 Å². The lowest BCUT2D eigenvalue weighted by molar-refractivity contribution is -0.121. The Morgan fingerprint density at radius 1 is 1.07 bits per heavy atom. The number of piperazine rings is 1. The lowest BCUT2D eigenvalue weighted by atomic mass is 9.87. The fraction of sp³-hybridized carbons (Fsp3) is 0.476. The zero-order valence-electron chi connectivity index (χ0n) is 17.3. The van der Waals surface area contributed by atoms with Crippen LogP contribution in [-0.2, 0) is 4.79 Å². The molecule has 8 heteroatoms. The smallest absolute Gasteiger partial charge is 0.238 e. The van der Waals surface area contributed by atoms with Gasteiger partial charge >= 0.3 is 0 Å². The summed E-state index contributed by atoms with van der Waals surface area (Å²) in [6.07, 6.45) is 1.12. The van der Waals surface area contributed by atoms with Gasteiger partial charge in [0, 0.05) is 60.8 Å². The summed E-state index contributed by atoms with van der Waals surface area (Å²) in [5.41, 5.74) is 1.65. The number of nitrogens with one attached hydrogen (secondary N) is 1. The molecule has 0 spiro atoms. The molecule has 3 fully saturated rings. The number of rotatable bonds is 6. The lowest BCUT2D eigenvalue weighted by Crippen LogP contribution is -2.69. The van der Waals surface area contributed by atoms with Crippen molar-refractivity contribution >= 4 is 17.4 Å². The van der Waals surface area contributed by atoms with E-state index in [1.165, 1.54) is 0 Å². The first-order valence-electron chi connectivity index (χ1n) is 9.81. The molecule has 2 aromatic rings. The summed E-state index contributed by atoms with van der Waals surface area (Å²) in [5, 5.41) is 2.96. The molecule has 4 heterocycles. The predicted octanol–water partition coefficient (Wildman–Crippen LogP) is 2.01. The number of anilines is 2. The van der Waals surface area contributed by atoms with Gasteiger partial charge in [-0.25, -0.2) is 9.97 Å². The van der Waals surface area contributed by atoms with Crippen molar-refractivity contribution in [3.63, 3.8) is 0 Å². The van der Waals surface area contributed by atoms with Gasteiger partial charge in [0.15, 0.2) is 0 Å². The van der Waals surface area contributed by atoms with Crippen LogP contribution in [0.15, 0.2) is 24.3 Å². The molecule has 0 radical (unpaired) electrons. The van der Waals surface area contributed by atoms with Crippen LogP contribution in [0, 0.1) is 13.8 Å². The standard InChI is InChI=1S/C21H27N5O3/c1-13-5-20(23-14(2)22-13)25-10-16-8-17(11-25)26(16)12-21(27)24-15-6-18(28-3)9-19(7-15)29-4/h5-7,9,16-17H,8,10-12H2,1-4H3,(H,24,27). The number of fused-ring (bicyclic) bond motifs is 2. The van der Waals surface area contributed by atoms with Gasteiger partial charge in [0.05, 0.1) is 20.8 Å². The van der Waals surface area contributed by atoms with Gasteiger partial charge in [-0.05, 0) is 20.3 Å². The molecule has 2 atom stereocenters. The molecule has 29 heavy (non-hydrogen) atoms. The van der Waals surface area contributed by atoms with E-state index in [4.69, 9.17) is 9.47 Å².